The highest BCUT2D eigenvalue weighted by atomic mass is 79.9. The Bertz CT molecular complexity index is 499. The van der Waals surface area contributed by atoms with Gasteiger partial charge < -0.3 is 14.4 Å². The molecule has 0 aromatic carbocycles. The molecule has 1 atom stereocenters. The number of rotatable bonds is 5. The molecule has 3 rings (SSSR count). The van der Waals surface area contributed by atoms with E-state index in [2.05, 4.69) is 22.0 Å². The van der Waals surface area contributed by atoms with Gasteiger partial charge in [-0.05, 0) is 46.8 Å². The highest BCUT2D eigenvalue weighted by Crippen LogP contribution is 2.31. The Morgan fingerprint density at radius 1 is 1.57 bits per heavy atom. The zero-order chi connectivity index (χ0) is 14.7. The molecule has 6 heteroatoms. The summed E-state index contributed by atoms with van der Waals surface area (Å²) in [5, 5.41) is 0. The quantitative estimate of drug-likeness (QED) is 0.744. The Hall–Kier alpha value is -0.430. The molecule has 2 aliphatic heterocycles. The van der Waals surface area contributed by atoms with Crippen molar-refractivity contribution in [3.8, 4) is 0 Å². The maximum Gasteiger partial charge on any atom is 0.225 e. The van der Waals surface area contributed by atoms with Crippen molar-refractivity contribution in [2.75, 3.05) is 26.4 Å². The van der Waals surface area contributed by atoms with Gasteiger partial charge in [0.25, 0.3) is 0 Å². The number of hydrogen-bond acceptors (Lipinski definition) is 4. The SMILES string of the molecule is O=C(CCOCC1CCCO1)N1CCc2cc(Br)sc2C1. The molecule has 1 amide bonds. The van der Waals surface area contributed by atoms with Crippen molar-refractivity contribution in [3.63, 3.8) is 0 Å². The minimum atomic E-state index is 0.192. The van der Waals surface area contributed by atoms with Crippen LogP contribution in [-0.2, 0) is 27.2 Å². The van der Waals surface area contributed by atoms with E-state index in [-0.39, 0.29) is 12.0 Å². The lowest BCUT2D eigenvalue weighted by molar-refractivity contribution is -0.133. The van der Waals surface area contributed by atoms with Gasteiger partial charge in [-0.25, -0.2) is 0 Å². The number of carbonyl (C=O) groups is 1. The van der Waals surface area contributed by atoms with Crippen LogP contribution in [0.3, 0.4) is 0 Å². The van der Waals surface area contributed by atoms with Gasteiger partial charge in [0.2, 0.25) is 5.91 Å². The Balaban J connectivity index is 1.39. The fourth-order valence-electron chi connectivity index (χ4n) is 2.80. The Morgan fingerprint density at radius 2 is 2.48 bits per heavy atom. The third kappa shape index (κ3) is 4.06. The molecule has 2 aliphatic rings. The van der Waals surface area contributed by atoms with Gasteiger partial charge in [-0.15, -0.1) is 11.3 Å². The molecule has 0 radical (unpaired) electrons. The van der Waals surface area contributed by atoms with Crippen LogP contribution >= 0.6 is 27.3 Å². The van der Waals surface area contributed by atoms with Gasteiger partial charge in [-0.1, -0.05) is 0 Å². The predicted molar refractivity (Wildman–Crippen MR) is 85.6 cm³/mol. The summed E-state index contributed by atoms with van der Waals surface area (Å²) in [5.41, 5.74) is 1.38. The minimum Gasteiger partial charge on any atom is -0.378 e. The topological polar surface area (TPSA) is 38.8 Å². The third-order valence-corrected chi connectivity index (χ3v) is 5.66. The van der Waals surface area contributed by atoms with Crippen LogP contribution < -0.4 is 0 Å². The summed E-state index contributed by atoms with van der Waals surface area (Å²) < 4.78 is 12.2. The van der Waals surface area contributed by atoms with Crippen molar-refractivity contribution in [1.29, 1.82) is 0 Å². The standard InChI is InChI=1S/C15H20BrNO3S/c16-14-8-11-3-5-17(9-13(11)21-14)15(18)4-7-19-10-12-2-1-6-20-12/h8,12H,1-7,9-10H2. The minimum absolute atomic E-state index is 0.192. The van der Waals surface area contributed by atoms with Crippen molar-refractivity contribution < 1.29 is 14.3 Å². The fourth-order valence-corrected chi connectivity index (χ4v) is 4.62. The molecule has 116 valence electrons. The molecule has 4 nitrogen and oxygen atoms in total. The number of hydrogen-bond donors (Lipinski definition) is 0. The van der Waals surface area contributed by atoms with Crippen LogP contribution in [0.1, 0.15) is 29.7 Å². The zero-order valence-electron chi connectivity index (χ0n) is 12.0. The number of carbonyl (C=O) groups excluding carboxylic acids is 1. The summed E-state index contributed by atoms with van der Waals surface area (Å²) in [7, 11) is 0. The molecule has 1 fully saturated rings. The summed E-state index contributed by atoms with van der Waals surface area (Å²) in [4.78, 5) is 15.5. The zero-order valence-corrected chi connectivity index (χ0v) is 14.4. The molecule has 0 N–H and O–H groups in total. The first-order valence-corrected chi connectivity index (χ1v) is 9.07. The highest BCUT2D eigenvalue weighted by Gasteiger charge is 2.22. The molecule has 0 aliphatic carbocycles. The van der Waals surface area contributed by atoms with E-state index < -0.39 is 0 Å². The van der Waals surface area contributed by atoms with Crippen molar-refractivity contribution in [3.05, 3.63) is 20.3 Å². The van der Waals surface area contributed by atoms with Crippen molar-refractivity contribution in [2.24, 2.45) is 0 Å². The number of thiophene rings is 1. The number of halogens is 1. The van der Waals surface area contributed by atoms with Gasteiger partial charge >= 0.3 is 0 Å². The molecule has 0 bridgehead atoms. The van der Waals surface area contributed by atoms with Gasteiger partial charge in [0, 0.05) is 18.0 Å². The van der Waals surface area contributed by atoms with Gasteiger partial charge in [-0.2, -0.15) is 0 Å². The van der Waals surface area contributed by atoms with E-state index in [1.807, 2.05) is 4.90 Å². The summed E-state index contributed by atoms with van der Waals surface area (Å²) >= 11 is 5.25. The van der Waals surface area contributed by atoms with Crippen LogP contribution in [0, 0.1) is 0 Å². The third-order valence-electron chi connectivity index (χ3n) is 3.99. The van der Waals surface area contributed by atoms with Crippen molar-refractivity contribution in [1.82, 2.24) is 4.90 Å². The molecule has 3 heterocycles. The van der Waals surface area contributed by atoms with Crippen molar-refractivity contribution >= 4 is 33.2 Å². The van der Waals surface area contributed by atoms with E-state index in [1.54, 1.807) is 11.3 Å². The number of ether oxygens (including phenoxy) is 2. The predicted octanol–water partition coefficient (Wildman–Crippen LogP) is 2.98. The molecule has 21 heavy (non-hydrogen) atoms. The van der Waals surface area contributed by atoms with Crippen molar-refractivity contribution in [2.45, 2.75) is 38.3 Å². The smallest absolute Gasteiger partial charge is 0.225 e. The van der Waals surface area contributed by atoms with E-state index in [9.17, 15) is 4.79 Å². The van der Waals surface area contributed by atoms with E-state index in [0.717, 1.165) is 42.7 Å². The number of nitrogens with zero attached hydrogens (tertiary/aromatic N) is 1. The second-order valence-corrected chi connectivity index (χ2v) is 8.04. The second-order valence-electron chi connectivity index (χ2n) is 5.52. The van der Waals surface area contributed by atoms with E-state index in [1.165, 1.54) is 10.4 Å². The summed E-state index contributed by atoms with van der Waals surface area (Å²) in [6, 6.07) is 2.17. The van der Waals surface area contributed by atoms with Crippen LogP contribution in [0.4, 0.5) is 0 Å². The summed E-state index contributed by atoms with van der Waals surface area (Å²) in [6.07, 6.45) is 3.87. The lowest BCUT2D eigenvalue weighted by Gasteiger charge is -2.27. The summed E-state index contributed by atoms with van der Waals surface area (Å²) in [5.74, 6) is 0.192. The Labute approximate surface area is 137 Å². The van der Waals surface area contributed by atoms with Crippen LogP contribution in [0.15, 0.2) is 9.85 Å². The van der Waals surface area contributed by atoms with Gasteiger partial charge in [-0.3, -0.25) is 4.79 Å². The molecule has 1 unspecified atom stereocenters. The normalized spacial score (nSPS) is 21.6. The number of amides is 1. The molecule has 0 saturated carbocycles. The van der Waals surface area contributed by atoms with Crippen LogP contribution in [0.25, 0.3) is 0 Å². The lowest BCUT2D eigenvalue weighted by atomic mass is 10.1. The first kappa shape index (κ1) is 15.5. The average molecular weight is 374 g/mol. The molecule has 1 saturated heterocycles. The maximum atomic E-state index is 12.2. The van der Waals surface area contributed by atoms with Gasteiger partial charge in [0.05, 0.1) is 36.1 Å². The fraction of sp³-hybridized carbons (Fsp3) is 0.667. The van der Waals surface area contributed by atoms with Gasteiger partial charge in [0.1, 0.15) is 0 Å². The average Bonchev–Trinajstić information content (AvgIpc) is 3.10. The van der Waals surface area contributed by atoms with E-state index in [4.69, 9.17) is 9.47 Å². The Morgan fingerprint density at radius 3 is 3.29 bits per heavy atom. The van der Waals surface area contributed by atoms with Gasteiger partial charge in [0.15, 0.2) is 0 Å². The monoisotopic (exact) mass is 373 g/mol. The highest BCUT2D eigenvalue weighted by molar-refractivity contribution is 9.11. The molecular formula is C15H20BrNO3S. The second kappa shape index (κ2) is 7.22. The maximum absolute atomic E-state index is 12.2. The lowest BCUT2D eigenvalue weighted by Crippen LogP contribution is -2.35. The molecular weight excluding hydrogens is 354 g/mol. The first-order chi connectivity index (χ1) is 10.2. The van der Waals surface area contributed by atoms with Crippen LogP contribution in [-0.4, -0.2) is 43.3 Å². The number of fused-ring (bicyclic) bond motifs is 1. The van der Waals surface area contributed by atoms with Crippen LogP contribution in [0.5, 0.6) is 0 Å². The van der Waals surface area contributed by atoms with Crippen LogP contribution in [0.2, 0.25) is 0 Å². The molecule has 1 aromatic rings. The first-order valence-electron chi connectivity index (χ1n) is 7.46. The summed E-state index contributed by atoms with van der Waals surface area (Å²) in [6.45, 7) is 3.53. The van der Waals surface area contributed by atoms with E-state index >= 15 is 0 Å². The van der Waals surface area contributed by atoms with E-state index in [0.29, 0.717) is 19.6 Å². The Kier molecular flexibility index (Phi) is 5.32. The molecule has 0 spiro atoms. The largest absolute Gasteiger partial charge is 0.378 e. The molecule has 1 aromatic heterocycles.